The summed E-state index contributed by atoms with van der Waals surface area (Å²) in [6, 6.07) is 0. The fourth-order valence-corrected chi connectivity index (χ4v) is 11.4. The van der Waals surface area contributed by atoms with Gasteiger partial charge in [0, 0.05) is 0 Å². The minimum absolute atomic E-state index is 0.489. The fourth-order valence-electron chi connectivity index (χ4n) is 2.03. The molecule has 0 heterocycles. The molecule has 0 aromatic rings. The summed E-state index contributed by atoms with van der Waals surface area (Å²) in [6.07, 6.45) is 0. The van der Waals surface area contributed by atoms with Crippen molar-refractivity contribution in [2.75, 3.05) is 19.8 Å². The first-order chi connectivity index (χ1) is 7.68. The molecule has 0 unspecified atom stereocenters. The van der Waals surface area contributed by atoms with Crippen LogP contribution in [-0.2, 0) is 14.0 Å². The predicted octanol–water partition coefficient (Wildman–Crippen LogP) is 3.18. The van der Waals surface area contributed by atoms with E-state index < -0.39 is 20.5 Å². The molecule has 0 aliphatic rings. The van der Waals surface area contributed by atoms with Crippen molar-refractivity contribution >= 4 is 15.0 Å². The van der Waals surface area contributed by atoms with E-state index in [0.29, 0.717) is 19.8 Å². The molecular formula is C11H29O4PSi. The summed E-state index contributed by atoms with van der Waals surface area (Å²) in [5.74, 6) is 0. The second kappa shape index (κ2) is 6.59. The van der Waals surface area contributed by atoms with E-state index >= 15 is 0 Å². The molecule has 106 valence electrons. The minimum atomic E-state index is -3.05. The van der Waals surface area contributed by atoms with Gasteiger partial charge in [0.1, 0.15) is 0 Å². The zero-order valence-corrected chi connectivity index (χ0v) is 14.3. The van der Waals surface area contributed by atoms with Crippen molar-refractivity contribution in [1.29, 1.82) is 0 Å². The normalized spacial score (nSPS) is 15.1. The molecule has 1 N–H and O–H groups in total. The maximum absolute atomic E-state index is 11.1. The SMILES string of the molecule is CCOC(C)(OCC)[PH](O)(OCC)[Si](C)(C)C. The van der Waals surface area contributed by atoms with Crippen LogP contribution in [-0.4, -0.2) is 38.0 Å². The molecule has 0 aromatic carbocycles. The molecule has 0 aromatic heterocycles. The Labute approximate surface area is 107 Å². The van der Waals surface area contributed by atoms with Crippen molar-refractivity contribution in [1.82, 2.24) is 0 Å². The molecule has 0 spiro atoms. The zero-order chi connectivity index (χ0) is 13.7. The van der Waals surface area contributed by atoms with Crippen LogP contribution in [0.3, 0.4) is 0 Å². The third-order valence-corrected chi connectivity index (χ3v) is 15.0. The molecule has 0 saturated carbocycles. The summed E-state index contributed by atoms with van der Waals surface area (Å²) in [5.41, 5.74) is -0.975. The fraction of sp³-hybridized carbons (Fsp3) is 1.00. The van der Waals surface area contributed by atoms with Crippen molar-refractivity contribution in [3.8, 4) is 0 Å². The topological polar surface area (TPSA) is 47.9 Å². The van der Waals surface area contributed by atoms with Gasteiger partial charge in [0.05, 0.1) is 0 Å². The maximum atomic E-state index is 11.1. The summed E-state index contributed by atoms with van der Waals surface area (Å²) < 4.78 is 17.2. The van der Waals surface area contributed by atoms with Gasteiger partial charge in [-0.3, -0.25) is 0 Å². The molecule has 0 aliphatic carbocycles. The van der Waals surface area contributed by atoms with Gasteiger partial charge in [-0.05, 0) is 0 Å². The van der Waals surface area contributed by atoms with Crippen molar-refractivity contribution in [3.05, 3.63) is 0 Å². The molecule has 0 rings (SSSR count). The third-order valence-electron chi connectivity index (χ3n) is 2.82. The number of hydrogen-bond donors (Lipinski definition) is 1. The van der Waals surface area contributed by atoms with E-state index in [1.54, 1.807) is 0 Å². The molecule has 0 saturated heterocycles. The summed E-state index contributed by atoms with van der Waals surface area (Å²) in [5, 5.41) is 0. The first kappa shape index (κ1) is 17.5. The van der Waals surface area contributed by atoms with Crippen LogP contribution >= 0.6 is 7.26 Å². The number of ether oxygens (including phenoxy) is 2. The Morgan fingerprint density at radius 2 is 1.41 bits per heavy atom. The average Bonchev–Trinajstić information content (AvgIpc) is 2.16. The van der Waals surface area contributed by atoms with Crippen LogP contribution in [0.25, 0.3) is 0 Å². The quantitative estimate of drug-likeness (QED) is 0.422. The predicted molar refractivity (Wildman–Crippen MR) is 77.2 cm³/mol. The molecule has 0 atom stereocenters. The summed E-state index contributed by atoms with van der Waals surface area (Å²) in [4.78, 5) is 11.1. The molecule has 0 radical (unpaired) electrons. The van der Waals surface area contributed by atoms with E-state index in [9.17, 15) is 4.89 Å². The van der Waals surface area contributed by atoms with Gasteiger partial charge in [-0.1, -0.05) is 0 Å². The van der Waals surface area contributed by atoms with E-state index in [4.69, 9.17) is 14.0 Å². The molecule has 17 heavy (non-hydrogen) atoms. The van der Waals surface area contributed by atoms with Crippen LogP contribution in [0.15, 0.2) is 0 Å². The van der Waals surface area contributed by atoms with Crippen LogP contribution in [0.4, 0.5) is 0 Å². The Morgan fingerprint density at radius 1 is 1.00 bits per heavy atom. The molecule has 4 nitrogen and oxygen atoms in total. The van der Waals surface area contributed by atoms with Crippen LogP contribution in [0.2, 0.25) is 19.6 Å². The van der Waals surface area contributed by atoms with Crippen LogP contribution in [0.5, 0.6) is 0 Å². The van der Waals surface area contributed by atoms with Gasteiger partial charge in [-0.15, -0.1) is 0 Å². The second-order valence-corrected chi connectivity index (χ2v) is 18.7. The van der Waals surface area contributed by atoms with Crippen molar-refractivity contribution in [2.24, 2.45) is 0 Å². The molecule has 0 bridgehead atoms. The molecule has 0 fully saturated rings. The first-order valence-corrected chi connectivity index (χ1v) is 12.7. The van der Waals surface area contributed by atoms with Gasteiger partial charge < -0.3 is 0 Å². The van der Waals surface area contributed by atoms with E-state index in [0.717, 1.165) is 0 Å². The molecule has 6 heteroatoms. The number of hydrogen-bond acceptors (Lipinski definition) is 4. The van der Waals surface area contributed by atoms with Crippen molar-refractivity contribution in [3.63, 3.8) is 0 Å². The first-order valence-electron chi connectivity index (χ1n) is 6.32. The molecular weight excluding hydrogens is 255 g/mol. The van der Waals surface area contributed by atoms with Gasteiger partial charge in [-0.25, -0.2) is 0 Å². The Kier molecular flexibility index (Phi) is 6.78. The summed E-state index contributed by atoms with van der Waals surface area (Å²) >= 11 is 0. The van der Waals surface area contributed by atoms with Gasteiger partial charge in [0.2, 0.25) is 0 Å². The van der Waals surface area contributed by atoms with Crippen LogP contribution < -0.4 is 0 Å². The van der Waals surface area contributed by atoms with Crippen LogP contribution in [0.1, 0.15) is 27.7 Å². The second-order valence-electron chi connectivity index (χ2n) is 5.14. The molecule has 0 amide bonds. The van der Waals surface area contributed by atoms with E-state index in [2.05, 4.69) is 19.6 Å². The molecule has 0 aliphatic heterocycles. The Balaban J connectivity index is 5.36. The van der Waals surface area contributed by atoms with Crippen molar-refractivity contribution in [2.45, 2.75) is 52.9 Å². The summed E-state index contributed by atoms with van der Waals surface area (Å²) in [7, 11) is -4.97. The van der Waals surface area contributed by atoms with E-state index in [1.165, 1.54) is 0 Å². The van der Waals surface area contributed by atoms with Crippen LogP contribution in [0, 0.1) is 0 Å². The Hall–Kier alpha value is 0.487. The summed E-state index contributed by atoms with van der Waals surface area (Å²) in [6.45, 7) is 15.3. The van der Waals surface area contributed by atoms with E-state index in [1.807, 2.05) is 27.7 Å². The van der Waals surface area contributed by atoms with Gasteiger partial charge in [-0.2, -0.15) is 0 Å². The van der Waals surface area contributed by atoms with E-state index in [-0.39, 0.29) is 0 Å². The third kappa shape index (κ3) is 3.72. The standard InChI is InChI=1S/C11H29O4PSi/c1-8-13-11(4,14-9-2)16(12,15-10-3)17(5,6)7/h12,16H,8-10H2,1-7H3. The van der Waals surface area contributed by atoms with Crippen molar-refractivity contribution < 1.29 is 18.9 Å². The monoisotopic (exact) mass is 284 g/mol. The van der Waals surface area contributed by atoms with Gasteiger partial charge in [0.25, 0.3) is 0 Å². The average molecular weight is 284 g/mol. The van der Waals surface area contributed by atoms with Gasteiger partial charge >= 0.3 is 107 Å². The number of rotatable bonds is 8. The zero-order valence-electron chi connectivity index (χ0n) is 12.3. The Morgan fingerprint density at radius 3 is 1.65 bits per heavy atom. The van der Waals surface area contributed by atoms with Gasteiger partial charge in [0.15, 0.2) is 0 Å². The Bertz CT molecular complexity index is 226.